The van der Waals surface area contributed by atoms with Crippen LogP contribution >= 0.6 is 0 Å². The van der Waals surface area contributed by atoms with E-state index >= 15 is 0 Å². The fourth-order valence-electron chi connectivity index (χ4n) is 7.20. The Bertz CT molecular complexity index is 2090. The van der Waals surface area contributed by atoms with Crippen molar-refractivity contribution >= 4 is 34.5 Å². The van der Waals surface area contributed by atoms with E-state index in [1.807, 2.05) is 12.1 Å². The summed E-state index contributed by atoms with van der Waals surface area (Å²) in [5.41, 5.74) is 8.39. The molecule has 1 aliphatic rings. The highest BCUT2D eigenvalue weighted by atomic mass is 16.7. The van der Waals surface area contributed by atoms with Gasteiger partial charge in [0.25, 0.3) is 0 Å². The van der Waals surface area contributed by atoms with Crippen LogP contribution in [0, 0.1) is 0 Å². The predicted molar refractivity (Wildman–Crippen MR) is 193 cm³/mol. The molecule has 7 aromatic rings. The van der Waals surface area contributed by atoms with Gasteiger partial charge in [-0.2, -0.15) is 0 Å². The lowest BCUT2D eigenvalue weighted by Gasteiger charge is -2.37. The smallest absolute Gasteiger partial charge is 0.456 e. The van der Waals surface area contributed by atoms with Gasteiger partial charge in [0.2, 0.25) is 0 Å². The van der Waals surface area contributed by atoms with Crippen LogP contribution in [0.1, 0.15) is 49.9 Å². The summed E-state index contributed by atoms with van der Waals surface area (Å²) in [7, 11) is -0.486. The Morgan fingerprint density at radius 3 is 1.55 bits per heavy atom. The molecular weight excluding hydrogens is 575 g/mol. The van der Waals surface area contributed by atoms with Gasteiger partial charge in [-0.05, 0) is 90.8 Å². The molecule has 1 aliphatic heterocycles. The molecule has 6 aromatic carbocycles. The first-order chi connectivity index (χ1) is 22.8. The van der Waals surface area contributed by atoms with Gasteiger partial charge < -0.3 is 13.7 Å². The molecule has 1 fully saturated rings. The van der Waals surface area contributed by atoms with E-state index in [1.165, 1.54) is 22.3 Å². The average Bonchev–Trinajstić information content (AvgIpc) is 3.58. The van der Waals surface area contributed by atoms with Gasteiger partial charge in [0.05, 0.1) is 16.6 Å². The van der Waals surface area contributed by atoms with Crippen molar-refractivity contribution in [2.45, 2.75) is 44.3 Å². The molecule has 3 nitrogen and oxygen atoms in total. The second kappa shape index (κ2) is 11.1. The van der Waals surface area contributed by atoms with E-state index in [0.29, 0.717) is 0 Å². The van der Waals surface area contributed by atoms with E-state index in [2.05, 4.69) is 167 Å². The molecule has 0 saturated carbocycles. The van der Waals surface area contributed by atoms with E-state index in [0.717, 1.165) is 38.5 Å². The highest BCUT2D eigenvalue weighted by Crippen LogP contribution is 2.46. The largest absolute Gasteiger partial charge is 0.495 e. The lowest BCUT2D eigenvalue weighted by molar-refractivity contribution is 0.00578. The molecule has 0 unspecified atom stereocenters. The van der Waals surface area contributed by atoms with Crippen LogP contribution in [0.2, 0.25) is 0 Å². The monoisotopic (exact) mass is 612 g/mol. The standard InChI is InChI=1S/C43H37BO3/c1-41(2)42(3,4)47-44(46-41)37-24-15-25-39-40(37)36-29-31(26-27-38(36)45-39)30-16-14-23-35(28-30)43(32-17-8-5-9-18-32,33-19-10-6-11-20-33)34-21-12-7-13-22-34/h5-29H,1-4H3. The second-order valence-electron chi connectivity index (χ2n) is 13.6. The molecule has 0 spiro atoms. The Hall–Kier alpha value is -4.90. The summed E-state index contributed by atoms with van der Waals surface area (Å²) in [5, 5.41) is 2.08. The molecule has 0 atom stereocenters. The summed E-state index contributed by atoms with van der Waals surface area (Å²) < 4.78 is 19.4. The lowest BCUT2D eigenvalue weighted by atomic mass is 9.65. The summed E-state index contributed by atoms with van der Waals surface area (Å²) in [4.78, 5) is 0. The molecule has 2 heterocycles. The summed E-state index contributed by atoms with van der Waals surface area (Å²) in [5.74, 6) is 0. The minimum atomic E-state index is -0.518. The zero-order valence-corrected chi connectivity index (χ0v) is 27.2. The Kier molecular flexibility index (Phi) is 6.98. The van der Waals surface area contributed by atoms with E-state index < -0.39 is 23.7 Å². The molecule has 0 aliphatic carbocycles. The predicted octanol–water partition coefficient (Wildman–Crippen LogP) is 9.93. The summed E-state index contributed by atoms with van der Waals surface area (Å²) >= 11 is 0. The van der Waals surface area contributed by atoms with Crippen LogP contribution in [-0.2, 0) is 14.7 Å². The van der Waals surface area contributed by atoms with Crippen molar-refractivity contribution in [1.29, 1.82) is 0 Å². The van der Waals surface area contributed by atoms with Gasteiger partial charge in [-0.15, -0.1) is 0 Å². The first-order valence-electron chi connectivity index (χ1n) is 16.4. The molecule has 47 heavy (non-hydrogen) atoms. The SMILES string of the molecule is CC1(C)OB(c2cccc3oc4ccc(-c5cccc(C(c6ccccc6)(c6ccccc6)c6ccccc6)c5)cc4c23)OC1(C)C. The molecule has 8 rings (SSSR count). The third-order valence-electron chi connectivity index (χ3n) is 10.3. The summed E-state index contributed by atoms with van der Waals surface area (Å²) in [6, 6.07) is 54.2. The number of hydrogen-bond donors (Lipinski definition) is 0. The van der Waals surface area contributed by atoms with Gasteiger partial charge in [0, 0.05) is 10.8 Å². The molecule has 230 valence electrons. The molecule has 0 radical (unpaired) electrons. The van der Waals surface area contributed by atoms with Crippen LogP contribution in [0.15, 0.2) is 156 Å². The third-order valence-corrected chi connectivity index (χ3v) is 10.3. The van der Waals surface area contributed by atoms with Crippen molar-refractivity contribution < 1.29 is 13.7 Å². The van der Waals surface area contributed by atoms with Gasteiger partial charge in [-0.1, -0.05) is 127 Å². The van der Waals surface area contributed by atoms with Gasteiger partial charge in [-0.25, -0.2) is 0 Å². The van der Waals surface area contributed by atoms with Crippen molar-refractivity contribution in [3.63, 3.8) is 0 Å². The maximum atomic E-state index is 6.51. The van der Waals surface area contributed by atoms with Crippen LogP contribution in [-0.4, -0.2) is 18.3 Å². The van der Waals surface area contributed by atoms with Gasteiger partial charge in [0.1, 0.15) is 11.2 Å². The molecule has 0 bridgehead atoms. The zero-order chi connectivity index (χ0) is 32.2. The van der Waals surface area contributed by atoms with E-state index in [1.54, 1.807) is 0 Å². The maximum Gasteiger partial charge on any atom is 0.495 e. The Balaban J connectivity index is 1.32. The first kappa shape index (κ1) is 29.5. The zero-order valence-electron chi connectivity index (χ0n) is 27.2. The van der Waals surface area contributed by atoms with E-state index in [4.69, 9.17) is 13.7 Å². The molecular formula is C43H37BO3. The van der Waals surface area contributed by atoms with E-state index in [-0.39, 0.29) is 0 Å². The highest BCUT2D eigenvalue weighted by Gasteiger charge is 2.52. The van der Waals surface area contributed by atoms with Crippen LogP contribution in [0.4, 0.5) is 0 Å². The van der Waals surface area contributed by atoms with Crippen molar-refractivity contribution in [3.05, 3.63) is 174 Å². The number of hydrogen-bond acceptors (Lipinski definition) is 3. The topological polar surface area (TPSA) is 31.6 Å². The van der Waals surface area contributed by atoms with Crippen LogP contribution in [0.3, 0.4) is 0 Å². The Labute approximate surface area is 276 Å². The minimum absolute atomic E-state index is 0.437. The fourth-order valence-corrected chi connectivity index (χ4v) is 7.20. The maximum absolute atomic E-state index is 6.51. The van der Waals surface area contributed by atoms with Crippen LogP contribution < -0.4 is 5.46 Å². The quantitative estimate of drug-likeness (QED) is 0.138. The summed E-state index contributed by atoms with van der Waals surface area (Å²) in [6.45, 7) is 8.36. The van der Waals surface area contributed by atoms with Crippen molar-refractivity contribution in [3.8, 4) is 11.1 Å². The highest BCUT2D eigenvalue weighted by molar-refractivity contribution is 6.66. The fraction of sp³-hybridized carbons (Fsp3) is 0.163. The first-order valence-corrected chi connectivity index (χ1v) is 16.4. The molecule has 1 aromatic heterocycles. The second-order valence-corrected chi connectivity index (χ2v) is 13.6. The molecule has 1 saturated heterocycles. The van der Waals surface area contributed by atoms with Crippen molar-refractivity contribution in [1.82, 2.24) is 0 Å². The lowest BCUT2D eigenvalue weighted by Crippen LogP contribution is -2.41. The summed E-state index contributed by atoms with van der Waals surface area (Å²) in [6.07, 6.45) is 0. The normalized spacial score (nSPS) is 15.8. The number of rotatable bonds is 6. The molecule has 0 amide bonds. The van der Waals surface area contributed by atoms with Gasteiger partial charge >= 0.3 is 7.12 Å². The average molecular weight is 613 g/mol. The van der Waals surface area contributed by atoms with Crippen molar-refractivity contribution in [2.75, 3.05) is 0 Å². The van der Waals surface area contributed by atoms with Crippen LogP contribution in [0.25, 0.3) is 33.1 Å². The van der Waals surface area contributed by atoms with E-state index in [9.17, 15) is 0 Å². The number of fused-ring (bicyclic) bond motifs is 3. The number of benzene rings is 6. The third kappa shape index (κ3) is 4.74. The van der Waals surface area contributed by atoms with Crippen LogP contribution in [0.5, 0.6) is 0 Å². The number of furan rings is 1. The Morgan fingerprint density at radius 1 is 0.468 bits per heavy atom. The van der Waals surface area contributed by atoms with Gasteiger partial charge in [-0.3, -0.25) is 0 Å². The minimum Gasteiger partial charge on any atom is -0.456 e. The molecule has 4 heteroatoms. The Morgan fingerprint density at radius 2 is 0.979 bits per heavy atom. The van der Waals surface area contributed by atoms with Gasteiger partial charge in [0.15, 0.2) is 0 Å². The molecule has 0 N–H and O–H groups in total. The van der Waals surface area contributed by atoms with Crippen molar-refractivity contribution in [2.24, 2.45) is 0 Å².